The Morgan fingerprint density at radius 3 is 2.68 bits per heavy atom. The fourth-order valence-corrected chi connectivity index (χ4v) is 3.89. The van der Waals surface area contributed by atoms with Gasteiger partial charge in [-0.1, -0.05) is 18.2 Å². The number of para-hydroxylation sites is 1. The maximum absolute atomic E-state index is 5.69. The monoisotopic (exact) mass is 515 g/mol. The molecule has 0 radical (unpaired) electrons. The molecule has 1 fully saturated rings. The highest BCUT2D eigenvalue weighted by atomic mass is 127. The summed E-state index contributed by atoms with van der Waals surface area (Å²) in [6.45, 7) is 4.63. The summed E-state index contributed by atoms with van der Waals surface area (Å²) in [6.07, 6.45) is 4.40. The minimum absolute atomic E-state index is 0. The molecule has 3 rings (SSSR count). The Balaban J connectivity index is 0.00000280. The summed E-state index contributed by atoms with van der Waals surface area (Å²) in [4.78, 5) is 11.4. The first-order valence-electron chi connectivity index (χ1n) is 9.67. The lowest BCUT2D eigenvalue weighted by molar-refractivity contribution is 0.311. The van der Waals surface area contributed by atoms with Crippen LogP contribution in [-0.4, -0.2) is 50.8 Å². The number of nitrogens with zero attached hydrogens (tertiary/aromatic N) is 3. The molecule has 2 aromatic rings. The molecular formula is C20H30IN5OS. The molecule has 0 spiro atoms. The van der Waals surface area contributed by atoms with Gasteiger partial charge in [-0.25, -0.2) is 4.98 Å². The van der Waals surface area contributed by atoms with E-state index in [0.29, 0.717) is 6.61 Å². The average molecular weight is 515 g/mol. The van der Waals surface area contributed by atoms with Gasteiger partial charge in [-0.3, -0.25) is 4.99 Å². The van der Waals surface area contributed by atoms with E-state index in [1.807, 2.05) is 30.3 Å². The topological polar surface area (TPSA) is 61.8 Å². The van der Waals surface area contributed by atoms with Crippen molar-refractivity contribution in [3.63, 3.8) is 0 Å². The van der Waals surface area contributed by atoms with Crippen LogP contribution in [-0.2, 0) is 6.42 Å². The highest BCUT2D eigenvalue weighted by molar-refractivity contribution is 14.0. The standard InChI is InChI=1S/C20H29N5OS.HI/c1-21-19(22-11-7-15-26-18-8-3-2-4-9-18)23-12-10-17-16-27-20(24-17)25-13-5-6-14-25;/h2-4,8-9,16H,5-7,10-15H2,1H3,(H2,21,22,23);1H. The van der Waals surface area contributed by atoms with Crippen LogP contribution in [0.25, 0.3) is 0 Å². The van der Waals surface area contributed by atoms with Gasteiger partial charge >= 0.3 is 0 Å². The Kier molecular flexibility index (Phi) is 10.4. The molecule has 0 aliphatic carbocycles. The van der Waals surface area contributed by atoms with Crippen LogP contribution < -0.4 is 20.3 Å². The quantitative estimate of drug-likeness (QED) is 0.232. The number of nitrogens with one attached hydrogen (secondary N) is 2. The predicted molar refractivity (Wildman–Crippen MR) is 129 cm³/mol. The van der Waals surface area contributed by atoms with Gasteiger partial charge in [0.2, 0.25) is 0 Å². The first-order valence-corrected chi connectivity index (χ1v) is 10.5. The SMILES string of the molecule is CN=C(NCCCOc1ccccc1)NCCc1csc(N2CCCC2)n1.I. The molecule has 1 aromatic heterocycles. The van der Waals surface area contributed by atoms with Gasteiger partial charge in [0.1, 0.15) is 5.75 Å². The molecule has 1 saturated heterocycles. The van der Waals surface area contributed by atoms with Gasteiger partial charge in [0, 0.05) is 45.0 Å². The van der Waals surface area contributed by atoms with E-state index in [1.165, 1.54) is 18.0 Å². The summed E-state index contributed by atoms with van der Waals surface area (Å²) < 4.78 is 5.69. The third-order valence-electron chi connectivity index (χ3n) is 4.44. The summed E-state index contributed by atoms with van der Waals surface area (Å²) in [5.74, 6) is 1.74. The lowest BCUT2D eigenvalue weighted by Gasteiger charge is -2.13. The van der Waals surface area contributed by atoms with Crippen LogP contribution in [0.1, 0.15) is 25.0 Å². The van der Waals surface area contributed by atoms with Crippen LogP contribution in [0.5, 0.6) is 5.75 Å². The van der Waals surface area contributed by atoms with E-state index in [0.717, 1.165) is 56.4 Å². The van der Waals surface area contributed by atoms with Crippen molar-refractivity contribution in [1.82, 2.24) is 15.6 Å². The highest BCUT2D eigenvalue weighted by Gasteiger charge is 2.15. The zero-order chi connectivity index (χ0) is 18.7. The van der Waals surface area contributed by atoms with Crippen molar-refractivity contribution in [1.29, 1.82) is 0 Å². The molecule has 0 bridgehead atoms. The number of hydrogen-bond donors (Lipinski definition) is 2. The second-order valence-corrected chi connectivity index (χ2v) is 7.34. The van der Waals surface area contributed by atoms with Crippen molar-refractivity contribution < 1.29 is 4.74 Å². The molecule has 154 valence electrons. The molecule has 0 amide bonds. The average Bonchev–Trinajstić information content (AvgIpc) is 3.39. The van der Waals surface area contributed by atoms with Gasteiger partial charge in [-0.2, -0.15) is 0 Å². The van der Waals surface area contributed by atoms with Crippen molar-refractivity contribution in [2.75, 3.05) is 44.7 Å². The van der Waals surface area contributed by atoms with Crippen molar-refractivity contribution in [2.45, 2.75) is 25.7 Å². The molecule has 0 unspecified atom stereocenters. The van der Waals surface area contributed by atoms with Crippen LogP contribution in [0, 0.1) is 0 Å². The van der Waals surface area contributed by atoms with Gasteiger partial charge in [0.05, 0.1) is 12.3 Å². The number of aromatic nitrogens is 1. The van der Waals surface area contributed by atoms with Crippen LogP contribution in [0.3, 0.4) is 0 Å². The van der Waals surface area contributed by atoms with E-state index >= 15 is 0 Å². The zero-order valence-electron chi connectivity index (χ0n) is 16.4. The minimum atomic E-state index is 0. The van der Waals surface area contributed by atoms with E-state index in [9.17, 15) is 0 Å². The Hall–Kier alpha value is -1.55. The molecule has 6 nitrogen and oxygen atoms in total. The van der Waals surface area contributed by atoms with E-state index in [2.05, 4.69) is 25.9 Å². The molecular weight excluding hydrogens is 485 g/mol. The number of anilines is 1. The third kappa shape index (κ3) is 7.46. The van der Waals surface area contributed by atoms with Gasteiger partial charge < -0.3 is 20.3 Å². The second-order valence-electron chi connectivity index (χ2n) is 6.51. The lowest BCUT2D eigenvalue weighted by atomic mass is 10.3. The number of aliphatic imine (C=N–C) groups is 1. The van der Waals surface area contributed by atoms with Gasteiger partial charge in [-0.05, 0) is 31.4 Å². The number of guanidine groups is 1. The van der Waals surface area contributed by atoms with Crippen molar-refractivity contribution in [2.24, 2.45) is 4.99 Å². The van der Waals surface area contributed by atoms with Crippen LogP contribution in [0.4, 0.5) is 5.13 Å². The third-order valence-corrected chi connectivity index (χ3v) is 5.39. The molecule has 28 heavy (non-hydrogen) atoms. The van der Waals surface area contributed by atoms with Crippen LogP contribution >= 0.6 is 35.3 Å². The molecule has 0 atom stereocenters. The fourth-order valence-electron chi connectivity index (χ4n) is 2.98. The van der Waals surface area contributed by atoms with E-state index in [-0.39, 0.29) is 24.0 Å². The smallest absolute Gasteiger partial charge is 0.190 e. The number of hydrogen-bond acceptors (Lipinski definition) is 5. The summed E-state index contributed by atoms with van der Waals surface area (Å²) in [7, 11) is 1.80. The molecule has 1 aromatic carbocycles. The lowest BCUT2D eigenvalue weighted by Crippen LogP contribution is -2.39. The molecule has 2 N–H and O–H groups in total. The van der Waals surface area contributed by atoms with E-state index < -0.39 is 0 Å². The second kappa shape index (κ2) is 12.8. The molecule has 0 saturated carbocycles. The molecule has 2 heterocycles. The van der Waals surface area contributed by atoms with E-state index in [4.69, 9.17) is 9.72 Å². The fraction of sp³-hybridized carbons (Fsp3) is 0.500. The number of benzene rings is 1. The zero-order valence-corrected chi connectivity index (χ0v) is 19.5. The first kappa shape index (κ1) is 22.7. The van der Waals surface area contributed by atoms with Crippen LogP contribution in [0.15, 0.2) is 40.7 Å². The molecule has 1 aliphatic heterocycles. The van der Waals surface area contributed by atoms with Gasteiger partial charge in [0.15, 0.2) is 11.1 Å². The normalized spacial score (nSPS) is 13.9. The van der Waals surface area contributed by atoms with Crippen molar-refractivity contribution >= 4 is 46.4 Å². The Labute approximate surface area is 188 Å². The summed E-state index contributed by atoms with van der Waals surface area (Å²) in [5, 5.41) is 10.0. The van der Waals surface area contributed by atoms with Crippen LogP contribution in [0.2, 0.25) is 0 Å². The number of thiazole rings is 1. The molecule has 8 heteroatoms. The Morgan fingerprint density at radius 1 is 1.18 bits per heavy atom. The largest absolute Gasteiger partial charge is 0.494 e. The van der Waals surface area contributed by atoms with Gasteiger partial charge in [-0.15, -0.1) is 35.3 Å². The number of ether oxygens (including phenoxy) is 1. The maximum atomic E-state index is 5.69. The highest BCUT2D eigenvalue weighted by Crippen LogP contribution is 2.24. The van der Waals surface area contributed by atoms with Crippen molar-refractivity contribution in [3.05, 3.63) is 41.4 Å². The minimum Gasteiger partial charge on any atom is -0.494 e. The van der Waals surface area contributed by atoms with Crippen molar-refractivity contribution in [3.8, 4) is 5.75 Å². The first-order chi connectivity index (χ1) is 13.3. The number of rotatable bonds is 9. The molecule has 1 aliphatic rings. The predicted octanol–water partition coefficient (Wildman–Crippen LogP) is 3.54. The summed E-state index contributed by atoms with van der Waals surface area (Å²) in [6, 6.07) is 9.90. The van der Waals surface area contributed by atoms with E-state index in [1.54, 1.807) is 18.4 Å². The Bertz CT molecular complexity index is 704. The summed E-state index contributed by atoms with van der Waals surface area (Å²) >= 11 is 1.76. The Morgan fingerprint density at radius 2 is 1.93 bits per heavy atom. The number of halogens is 1. The summed E-state index contributed by atoms with van der Waals surface area (Å²) in [5.41, 5.74) is 1.15. The maximum Gasteiger partial charge on any atom is 0.190 e. The van der Waals surface area contributed by atoms with Gasteiger partial charge in [0.25, 0.3) is 0 Å².